The molecule has 1 rings (SSSR count). The predicted octanol–water partition coefficient (Wildman–Crippen LogP) is 4.28. The molecule has 1 unspecified atom stereocenters. The fraction of sp³-hybridized carbons (Fsp3) is 0.556. The lowest BCUT2D eigenvalue weighted by molar-refractivity contribution is -0.293. The van der Waals surface area contributed by atoms with Gasteiger partial charge >= 0.3 is 12.1 Å². The normalized spacial score (nSPS) is 15.1. The standard InChI is InChI=1S/C9H9BrF5NS/c1-4-3-5(10)6(17-4)7(16-2)8(11,12)9(13,14)15/h3,7,16H,1-2H3. The Bertz CT molecular complexity index is 401. The van der Waals surface area contributed by atoms with Crippen molar-refractivity contribution in [2.45, 2.75) is 25.1 Å². The van der Waals surface area contributed by atoms with Crippen LogP contribution in [0.4, 0.5) is 22.0 Å². The second-order valence-corrected chi connectivity index (χ2v) is 5.55. The van der Waals surface area contributed by atoms with Crippen molar-refractivity contribution in [3.63, 3.8) is 0 Å². The summed E-state index contributed by atoms with van der Waals surface area (Å²) < 4.78 is 63.7. The van der Waals surface area contributed by atoms with E-state index in [2.05, 4.69) is 15.9 Å². The third-order valence-corrected chi connectivity index (χ3v) is 4.16. The second-order valence-electron chi connectivity index (χ2n) is 3.41. The summed E-state index contributed by atoms with van der Waals surface area (Å²) in [6.45, 7) is 1.64. The van der Waals surface area contributed by atoms with E-state index in [1.807, 2.05) is 5.32 Å². The van der Waals surface area contributed by atoms with Gasteiger partial charge in [0.1, 0.15) is 6.04 Å². The second kappa shape index (κ2) is 4.81. The Balaban J connectivity index is 3.21. The molecule has 0 spiro atoms. The monoisotopic (exact) mass is 337 g/mol. The molecule has 8 heteroatoms. The Morgan fingerprint density at radius 2 is 1.82 bits per heavy atom. The van der Waals surface area contributed by atoms with Crippen molar-refractivity contribution in [3.8, 4) is 0 Å². The van der Waals surface area contributed by atoms with Crippen LogP contribution in [0.15, 0.2) is 10.5 Å². The Morgan fingerprint density at radius 3 is 2.12 bits per heavy atom. The lowest BCUT2D eigenvalue weighted by Gasteiger charge is -2.27. The van der Waals surface area contributed by atoms with Crippen molar-refractivity contribution >= 4 is 27.3 Å². The molecular formula is C9H9BrF5NS. The van der Waals surface area contributed by atoms with Crippen LogP contribution >= 0.6 is 27.3 Å². The van der Waals surface area contributed by atoms with Gasteiger partial charge in [0.25, 0.3) is 0 Å². The molecule has 1 aromatic rings. The van der Waals surface area contributed by atoms with Crippen LogP contribution in [-0.2, 0) is 0 Å². The summed E-state index contributed by atoms with van der Waals surface area (Å²) in [5.74, 6) is -4.82. The smallest absolute Gasteiger partial charge is 0.307 e. The Morgan fingerprint density at radius 1 is 1.29 bits per heavy atom. The fourth-order valence-corrected chi connectivity index (χ4v) is 3.37. The van der Waals surface area contributed by atoms with Gasteiger partial charge in [0.2, 0.25) is 0 Å². The van der Waals surface area contributed by atoms with Crippen LogP contribution in [0.2, 0.25) is 0 Å². The molecule has 1 nitrogen and oxygen atoms in total. The minimum Gasteiger partial charge on any atom is -0.307 e. The van der Waals surface area contributed by atoms with Gasteiger partial charge in [-0.2, -0.15) is 22.0 Å². The summed E-state index contributed by atoms with van der Waals surface area (Å²) in [4.78, 5) is 0.595. The van der Waals surface area contributed by atoms with Crippen LogP contribution in [0.1, 0.15) is 15.8 Å². The summed E-state index contributed by atoms with van der Waals surface area (Å²) in [5, 5.41) is 2.03. The highest BCUT2D eigenvalue weighted by molar-refractivity contribution is 9.10. The number of hydrogen-bond donors (Lipinski definition) is 1. The third-order valence-electron chi connectivity index (χ3n) is 2.13. The molecule has 0 aromatic carbocycles. The van der Waals surface area contributed by atoms with E-state index in [0.717, 1.165) is 18.4 Å². The van der Waals surface area contributed by atoms with Crippen molar-refractivity contribution in [3.05, 3.63) is 20.3 Å². The molecule has 0 bridgehead atoms. The Labute approximate surface area is 107 Å². The highest BCUT2D eigenvalue weighted by atomic mass is 79.9. The van der Waals surface area contributed by atoms with E-state index in [-0.39, 0.29) is 9.35 Å². The molecule has 1 N–H and O–H groups in total. The van der Waals surface area contributed by atoms with Gasteiger partial charge in [-0.05, 0) is 36.0 Å². The number of halogens is 6. The maximum absolute atomic E-state index is 13.3. The third kappa shape index (κ3) is 2.79. The van der Waals surface area contributed by atoms with E-state index in [1.54, 1.807) is 6.92 Å². The van der Waals surface area contributed by atoms with Crippen LogP contribution in [0.3, 0.4) is 0 Å². The van der Waals surface area contributed by atoms with Crippen molar-refractivity contribution in [1.82, 2.24) is 5.32 Å². The summed E-state index contributed by atoms with van der Waals surface area (Å²) in [6, 6.07) is -0.577. The van der Waals surface area contributed by atoms with Gasteiger partial charge in [-0.15, -0.1) is 11.3 Å². The molecule has 1 atom stereocenters. The van der Waals surface area contributed by atoms with Crippen LogP contribution in [-0.4, -0.2) is 19.1 Å². The number of alkyl halides is 5. The minimum atomic E-state index is -5.59. The molecular weight excluding hydrogens is 329 g/mol. The highest BCUT2D eigenvalue weighted by Crippen LogP contribution is 2.47. The molecule has 0 amide bonds. The van der Waals surface area contributed by atoms with Crippen LogP contribution in [0, 0.1) is 6.92 Å². The van der Waals surface area contributed by atoms with Gasteiger partial charge in [0.15, 0.2) is 0 Å². The van der Waals surface area contributed by atoms with E-state index >= 15 is 0 Å². The highest BCUT2D eigenvalue weighted by Gasteiger charge is 2.63. The molecule has 0 aliphatic carbocycles. The largest absolute Gasteiger partial charge is 0.455 e. The molecule has 1 aromatic heterocycles. The first-order chi connectivity index (χ1) is 7.61. The number of rotatable bonds is 3. The Kier molecular flexibility index (Phi) is 4.20. The van der Waals surface area contributed by atoms with Crippen molar-refractivity contribution in [2.75, 3.05) is 7.05 Å². The number of thiophene rings is 1. The first-order valence-electron chi connectivity index (χ1n) is 4.49. The zero-order valence-corrected chi connectivity index (χ0v) is 11.2. The number of nitrogens with one attached hydrogen (secondary N) is 1. The lowest BCUT2D eigenvalue weighted by atomic mass is 10.1. The van der Waals surface area contributed by atoms with Gasteiger partial charge in [-0.1, -0.05) is 0 Å². The van der Waals surface area contributed by atoms with E-state index in [1.165, 1.54) is 6.07 Å². The molecule has 0 aliphatic rings. The summed E-state index contributed by atoms with van der Waals surface area (Å²) in [5.41, 5.74) is 0. The van der Waals surface area contributed by atoms with E-state index in [4.69, 9.17) is 0 Å². The average molecular weight is 338 g/mol. The van der Waals surface area contributed by atoms with Crippen LogP contribution < -0.4 is 5.32 Å². The van der Waals surface area contributed by atoms with Gasteiger partial charge in [-0.3, -0.25) is 0 Å². The predicted molar refractivity (Wildman–Crippen MR) is 59.6 cm³/mol. The maximum atomic E-state index is 13.3. The molecule has 0 saturated heterocycles. The minimum absolute atomic E-state index is 0.0627. The maximum Gasteiger partial charge on any atom is 0.455 e. The first kappa shape index (κ1) is 14.8. The van der Waals surface area contributed by atoms with Crippen LogP contribution in [0.5, 0.6) is 0 Å². The topological polar surface area (TPSA) is 12.0 Å². The SMILES string of the molecule is CNC(c1sc(C)cc1Br)C(F)(F)C(F)(F)F. The zero-order chi connectivity index (χ0) is 13.4. The molecule has 0 saturated carbocycles. The number of hydrogen-bond acceptors (Lipinski definition) is 2. The van der Waals surface area contributed by atoms with Gasteiger partial charge < -0.3 is 5.32 Å². The summed E-state index contributed by atoms with van der Waals surface area (Å²) in [7, 11) is 1.08. The van der Waals surface area contributed by atoms with E-state index in [0.29, 0.717) is 4.88 Å². The molecule has 0 aliphatic heterocycles. The molecule has 1 heterocycles. The van der Waals surface area contributed by atoms with Crippen molar-refractivity contribution in [2.24, 2.45) is 0 Å². The van der Waals surface area contributed by atoms with E-state index in [9.17, 15) is 22.0 Å². The lowest BCUT2D eigenvalue weighted by Crippen LogP contribution is -2.46. The summed E-state index contributed by atoms with van der Waals surface area (Å²) in [6.07, 6.45) is -5.59. The van der Waals surface area contributed by atoms with Crippen molar-refractivity contribution < 1.29 is 22.0 Å². The summed E-state index contributed by atoms with van der Waals surface area (Å²) >= 11 is 3.89. The van der Waals surface area contributed by atoms with Gasteiger partial charge in [0.05, 0.1) is 0 Å². The molecule has 98 valence electrons. The Hall–Kier alpha value is -0.210. The van der Waals surface area contributed by atoms with Gasteiger partial charge in [-0.25, -0.2) is 0 Å². The zero-order valence-electron chi connectivity index (χ0n) is 8.83. The quantitative estimate of drug-likeness (QED) is 0.812. The number of aryl methyl sites for hydroxylation is 1. The fourth-order valence-electron chi connectivity index (χ4n) is 1.34. The molecule has 17 heavy (non-hydrogen) atoms. The van der Waals surface area contributed by atoms with Gasteiger partial charge in [0, 0.05) is 14.2 Å². The molecule has 0 fully saturated rings. The first-order valence-corrected chi connectivity index (χ1v) is 6.10. The average Bonchev–Trinajstić information content (AvgIpc) is 2.44. The van der Waals surface area contributed by atoms with Crippen LogP contribution in [0.25, 0.3) is 0 Å². The van der Waals surface area contributed by atoms with Crippen molar-refractivity contribution in [1.29, 1.82) is 0 Å². The molecule has 0 radical (unpaired) electrons. The van der Waals surface area contributed by atoms with E-state index < -0.39 is 18.1 Å².